The minimum atomic E-state index is -0.189. The van der Waals surface area contributed by atoms with Crippen molar-refractivity contribution in [2.24, 2.45) is 5.92 Å². The molecule has 1 rings (SSSR count). The van der Waals surface area contributed by atoms with Crippen molar-refractivity contribution >= 4 is 11.6 Å². The predicted octanol–water partition coefficient (Wildman–Crippen LogP) is 4.32. The Bertz CT molecular complexity index is 411. The fraction of sp³-hybridized carbons (Fsp3) is 0.533. The fourth-order valence-corrected chi connectivity index (χ4v) is 1.95. The summed E-state index contributed by atoms with van der Waals surface area (Å²) in [5, 5.41) is 2.81. The molecule has 0 unspecified atom stereocenters. The molecule has 0 fully saturated rings. The molecule has 3 heteroatoms. The van der Waals surface area contributed by atoms with Crippen LogP contribution < -0.4 is 5.32 Å². The van der Waals surface area contributed by atoms with Crippen LogP contribution in [0.2, 0.25) is 0 Å². The smallest absolute Gasteiger partial charge is 0.226 e. The van der Waals surface area contributed by atoms with Crippen molar-refractivity contribution in [1.82, 2.24) is 0 Å². The van der Waals surface area contributed by atoms with Crippen LogP contribution in [0.3, 0.4) is 0 Å². The Labute approximate surface area is 109 Å². The Kier molecular flexibility index (Phi) is 5.32. The average molecular weight is 251 g/mol. The highest BCUT2D eigenvalue weighted by molar-refractivity contribution is 5.92. The van der Waals surface area contributed by atoms with Crippen LogP contribution in [0.5, 0.6) is 0 Å². The Hall–Kier alpha value is -1.38. The van der Waals surface area contributed by atoms with E-state index in [9.17, 15) is 9.18 Å². The van der Waals surface area contributed by atoms with Crippen LogP contribution in [0.25, 0.3) is 0 Å². The second kappa shape index (κ2) is 6.53. The molecule has 0 aromatic heterocycles. The van der Waals surface area contributed by atoms with E-state index < -0.39 is 0 Å². The molecule has 18 heavy (non-hydrogen) atoms. The van der Waals surface area contributed by atoms with Gasteiger partial charge in [0.1, 0.15) is 5.82 Å². The number of hydrogen-bond donors (Lipinski definition) is 1. The average Bonchev–Trinajstić information content (AvgIpc) is 2.34. The predicted molar refractivity (Wildman–Crippen MR) is 73.2 cm³/mol. The van der Waals surface area contributed by atoms with Crippen LogP contribution >= 0.6 is 0 Å². The Balaban J connectivity index is 2.96. The summed E-state index contributed by atoms with van der Waals surface area (Å²) in [5.41, 5.74) is 1.37. The van der Waals surface area contributed by atoms with Gasteiger partial charge in [0.25, 0.3) is 0 Å². The number of halogens is 1. The van der Waals surface area contributed by atoms with Gasteiger partial charge in [0.2, 0.25) is 5.91 Å². The molecule has 0 spiro atoms. The highest BCUT2D eigenvalue weighted by Gasteiger charge is 2.14. The van der Waals surface area contributed by atoms with Gasteiger partial charge in [-0.3, -0.25) is 4.79 Å². The summed E-state index contributed by atoms with van der Waals surface area (Å²) < 4.78 is 13.8. The molecule has 0 radical (unpaired) electrons. The van der Waals surface area contributed by atoms with Crippen LogP contribution in [0.15, 0.2) is 18.2 Å². The topological polar surface area (TPSA) is 29.1 Å². The van der Waals surface area contributed by atoms with Gasteiger partial charge in [-0.1, -0.05) is 27.7 Å². The van der Waals surface area contributed by atoms with Crippen LogP contribution in [-0.2, 0) is 4.79 Å². The molecule has 0 bridgehead atoms. The van der Waals surface area contributed by atoms with Crippen LogP contribution in [0.4, 0.5) is 10.1 Å². The van der Waals surface area contributed by atoms with Gasteiger partial charge >= 0.3 is 0 Å². The molecule has 1 amide bonds. The van der Waals surface area contributed by atoms with Crippen molar-refractivity contribution in [3.63, 3.8) is 0 Å². The maximum Gasteiger partial charge on any atom is 0.226 e. The Morgan fingerprint density at radius 3 is 2.39 bits per heavy atom. The van der Waals surface area contributed by atoms with Crippen LogP contribution in [0.1, 0.15) is 52.0 Å². The van der Waals surface area contributed by atoms with E-state index in [0.29, 0.717) is 11.3 Å². The molecular formula is C15H22FNO. The zero-order valence-corrected chi connectivity index (χ0v) is 11.6. The van der Waals surface area contributed by atoms with E-state index in [0.717, 1.165) is 12.8 Å². The number of carbonyl (C=O) groups is 1. The molecule has 100 valence electrons. The molecule has 0 aliphatic rings. The molecule has 1 N–H and O–H groups in total. The second-order valence-corrected chi connectivity index (χ2v) is 4.89. The van der Waals surface area contributed by atoms with E-state index in [1.54, 1.807) is 12.1 Å². The first kappa shape index (κ1) is 14.7. The highest BCUT2D eigenvalue weighted by Crippen LogP contribution is 2.28. The molecular weight excluding hydrogens is 229 g/mol. The summed E-state index contributed by atoms with van der Waals surface area (Å²) in [6.45, 7) is 7.77. The Morgan fingerprint density at radius 2 is 1.89 bits per heavy atom. The minimum absolute atomic E-state index is 0.0443. The van der Waals surface area contributed by atoms with Crippen LogP contribution in [-0.4, -0.2) is 5.91 Å². The van der Waals surface area contributed by atoms with E-state index in [-0.39, 0.29) is 23.6 Å². The number of rotatable bonds is 5. The molecule has 2 nitrogen and oxygen atoms in total. The van der Waals surface area contributed by atoms with Gasteiger partial charge < -0.3 is 5.32 Å². The third-order valence-corrected chi connectivity index (χ3v) is 3.21. The van der Waals surface area contributed by atoms with Crippen molar-refractivity contribution in [3.05, 3.63) is 29.6 Å². The standard InChI is InChI=1S/C15H22FNO/c1-5-11(6-2)13-9-12(7-8-14(13)16)17-15(18)10(3)4/h7-11H,5-6H2,1-4H3,(H,17,18). The summed E-state index contributed by atoms with van der Waals surface area (Å²) in [6.07, 6.45) is 1.80. The minimum Gasteiger partial charge on any atom is -0.326 e. The zero-order chi connectivity index (χ0) is 13.7. The van der Waals surface area contributed by atoms with Gasteiger partial charge in [0.15, 0.2) is 0 Å². The van der Waals surface area contributed by atoms with Crippen molar-refractivity contribution in [2.75, 3.05) is 5.32 Å². The van der Waals surface area contributed by atoms with Crippen molar-refractivity contribution in [1.29, 1.82) is 0 Å². The fourth-order valence-electron chi connectivity index (χ4n) is 1.95. The highest BCUT2D eigenvalue weighted by atomic mass is 19.1. The van der Waals surface area contributed by atoms with Gasteiger partial charge in [0, 0.05) is 11.6 Å². The summed E-state index contributed by atoms with van der Waals surface area (Å²) in [7, 11) is 0. The molecule has 0 atom stereocenters. The van der Waals surface area contributed by atoms with Gasteiger partial charge in [0.05, 0.1) is 0 Å². The van der Waals surface area contributed by atoms with E-state index in [2.05, 4.69) is 5.32 Å². The third-order valence-electron chi connectivity index (χ3n) is 3.21. The molecule has 1 aromatic rings. The lowest BCUT2D eigenvalue weighted by molar-refractivity contribution is -0.118. The first-order valence-corrected chi connectivity index (χ1v) is 6.59. The lowest BCUT2D eigenvalue weighted by Gasteiger charge is -2.16. The number of nitrogens with one attached hydrogen (secondary N) is 1. The SMILES string of the molecule is CCC(CC)c1cc(NC(=O)C(C)C)ccc1F. The number of hydrogen-bond acceptors (Lipinski definition) is 1. The van der Waals surface area contributed by atoms with E-state index in [1.807, 2.05) is 27.7 Å². The number of carbonyl (C=O) groups excluding carboxylic acids is 1. The molecule has 0 aliphatic carbocycles. The monoisotopic (exact) mass is 251 g/mol. The maximum absolute atomic E-state index is 13.8. The number of benzene rings is 1. The first-order valence-electron chi connectivity index (χ1n) is 6.59. The van der Waals surface area contributed by atoms with Gasteiger partial charge in [-0.15, -0.1) is 0 Å². The first-order chi connectivity index (χ1) is 8.49. The molecule has 0 saturated carbocycles. The quantitative estimate of drug-likeness (QED) is 0.829. The van der Waals surface area contributed by atoms with Crippen molar-refractivity contribution < 1.29 is 9.18 Å². The van der Waals surface area contributed by atoms with Crippen molar-refractivity contribution in [2.45, 2.75) is 46.5 Å². The summed E-state index contributed by atoms with van der Waals surface area (Å²) in [5.74, 6) is -0.101. The molecule has 0 heterocycles. The van der Waals surface area contributed by atoms with E-state index >= 15 is 0 Å². The second-order valence-electron chi connectivity index (χ2n) is 4.89. The summed E-state index contributed by atoms with van der Waals surface area (Å²) >= 11 is 0. The molecule has 0 aliphatic heterocycles. The Morgan fingerprint density at radius 1 is 1.28 bits per heavy atom. The summed E-state index contributed by atoms with van der Waals surface area (Å²) in [4.78, 5) is 11.6. The van der Waals surface area contributed by atoms with E-state index in [4.69, 9.17) is 0 Å². The third kappa shape index (κ3) is 3.56. The van der Waals surface area contributed by atoms with Crippen LogP contribution in [0, 0.1) is 11.7 Å². The van der Waals surface area contributed by atoms with E-state index in [1.165, 1.54) is 6.07 Å². The van der Waals surface area contributed by atoms with Crippen molar-refractivity contribution in [3.8, 4) is 0 Å². The molecule has 1 aromatic carbocycles. The molecule has 0 saturated heterocycles. The number of anilines is 1. The zero-order valence-electron chi connectivity index (χ0n) is 11.6. The largest absolute Gasteiger partial charge is 0.326 e. The van der Waals surface area contributed by atoms with Gasteiger partial charge in [-0.2, -0.15) is 0 Å². The van der Waals surface area contributed by atoms with Gasteiger partial charge in [-0.25, -0.2) is 4.39 Å². The van der Waals surface area contributed by atoms with Gasteiger partial charge in [-0.05, 0) is 42.5 Å². The maximum atomic E-state index is 13.8. The normalized spacial score (nSPS) is 11.1. The lowest BCUT2D eigenvalue weighted by Crippen LogP contribution is -2.18. The summed E-state index contributed by atoms with van der Waals surface area (Å²) in [6, 6.07) is 4.80. The lowest BCUT2D eigenvalue weighted by atomic mass is 9.93. The number of amides is 1.